The van der Waals surface area contributed by atoms with E-state index in [-0.39, 0.29) is 19.1 Å². The molecule has 0 spiro atoms. The van der Waals surface area contributed by atoms with Gasteiger partial charge >= 0.3 is 6.03 Å². The molecule has 1 fully saturated rings. The molecule has 128 valence electrons. The Morgan fingerprint density at radius 2 is 2.25 bits per heavy atom. The lowest BCUT2D eigenvalue weighted by molar-refractivity contribution is -0.0156. The molecule has 2 aromatic rings. The molecule has 0 bridgehead atoms. The van der Waals surface area contributed by atoms with E-state index in [1.54, 1.807) is 16.6 Å². The number of hydrogen-bond acceptors (Lipinski definition) is 4. The topological polar surface area (TPSA) is 72.3 Å². The molecule has 1 aliphatic rings. The van der Waals surface area contributed by atoms with Crippen LogP contribution in [0.1, 0.15) is 17.5 Å². The SMILES string of the molecule is Cn1ncnc1CNC(=O)N1CCO[C@H](c2ccc(F)c(F)c2)C1. The molecular weight excluding hydrogens is 320 g/mol. The second-order valence-corrected chi connectivity index (χ2v) is 5.44. The molecule has 2 heterocycles. The van der Waals surface area contributed by atoms with Gasteiger partial charge in [-0.05, 0) is 17.7 Å². The summed E-state index contributed by atoms with van der Waals surface area (Å²) in [5, 5.41) is 6.69. The fourth-order valence-electron chi connectivity index (χ4n) is 2.49. The number of amides is 2. The van der Waals surface area contributed by atoms with Crippen molar-refractivity contribution in [2.45, 2.75) is 12.6 Å². The van der Waals surface area contributed by atoms with Crippen LogP contribution < -0.4 is 5.32 Å². The Morgan fingerprint density at radius 3 is 2.96 bits per heavy atom. The number of ether oxygens (including phenoxy) is 1. The van der Waals surface area contributed by atoms with E-state index in [0.717, 1.165) is 12.1 Å². The number of aromatic nitrogens is 3. The van der Waals surface area contributed by atoms with Gasteiger partial charge in [0.1, 0.15) is 18.3 Å². The number of morpholine rings is 1. The third-order valence-corrected chi connectivity index (χ3v) is 3.87. The number of nitrogens with zero attached hydrogens (tertiary/aromatic N) is 4. The average molecular weight is 337 g/mol. The van der Waals surface area contributed by atoms with Crippen LogP contribution in [0.15, 0.2) is 24.5 Å². The standard InChI is InChI=1S/C15H17F2N5O2/c1-21-14(19-9-20-21)7-18-15(23)22-4-5-24-13(8-22)10-2-3-11(16)12(17)6-10/h2-3,6,9,13H,4-5,7-8H2,1H3,(H,18,23)/t13-/m0/s1. The van der Waals surface area contributed by atoms with Gasteiger partial charge in [-0.25, -0.2) is 18.6 Å². The lowest BCUT2D eigenvalue weighted by Gasteiger charge is -2.33. The smallest absolute Gasteiger partial charge is 0.317 e. The second-order valence-electron chi connectivity index (χ2n) is 5.44. The maximum absolute atomic E-state index is 13.4. The van der Waals surface area contributed by atoms with Gasteiger partial charge in [0.2, 0.25) is 0 Å². The fraction of sp³-hybridized carbons (Fsp3) is 0.400. The number of benzene rings is 1. The van der Waals surface area contributed by atoms with Gasteiger partial charge in [-0.2, -0.15) is 5.10 Å². The highest BCUT2D eigenvalue weighted by Crippen LogP contribution is 2.23. The first-order valence-corrected chi connectivity index (χ1v) is 7.47. The predicted molar refractivity (Wildman–Crippen MR) is 79.9 cm³/mol. The number of aryl methyl sites for hydroxylation is 1. The van der Waals surface area contributed by atoms with Gasteiger partial charge in [-0.3, -0.25) is 4.68 Å². The van der Waals surface area contributed by atoms with E-state index in [1.807, 2.05) is 0 Å². The highest BCUT2D eigenvalue weighted by molar-refractivity contribution is 5.74. The minimum absolute atomic E-state index is 0.253. The zero-order valence-corrected chi connectivity index (χ0v) is 13.1. The van der Waals surface area contributed by atoms with Crippen LogP contribution in [-0.2, 0) is 18.3 Å². The first-order valence-electron chi connectivity index (χ1n) is 7.47. The third kappa shape index (κ3) is 3.51. The molecule has 0 saturated carbocycles. The highest BCUT2D eigenvalue weighted by Gasteiger charge is 2.26. The summed E-state index contributed by atoms with van der Waals surface area (Å²) >= 11 is 0. The minimum Gasteiger partial charge on any atom is -0.370 e. The molecule has 0 radical (unpaired) electrons. The Balaban J connectivity index is 1.61. The van der Waals surface area contributed by atoms with Crippen molar-refractivity contribution in [3.8, 4) is 0 Å². The molecule has 1 saturated heterocycles. The number of urea groups is 1. The number of carbonyl (C=O) groups is 1. The first kappa shape index (κ1) is 16.3. The summed E-state index contributed by atoms with van der Waals surface area (Å²) in [5.41, 5.74) is 0.500. The van der Waals surface area contributed by atoms with Gasteiger partial charge in [-0.1, -0.05) is 6.07 Å². The van der Waals surface area contributed by atoms with E-state index < -0.39 is 17.7 Å². The molecular formula is C15H17F2N5O2. The molecule has 2 amide bonds. The first-order chi connectivity index (χ1) is 11.5. The Hall–Kier alpha value is -2.55. The summed E-state index contributed by atoms with van der Waals surface area (Å²) in [6.07, 6.45) is 0.921. The molecule has 1 aromatic heterocycles. The lowest BCUT2D eigenvalue weighted by atomic mass is 10.1. The van der Waals surface area contributed by atoms with Crippen LogP contribution in [0.3, 0.4) is 0 Å². The number of halogens is 2. The number of rotatable bonds is 3. The van der Waals surface area contributed by atoms with E-state index in [0.29, 0.717) is 24.5 Å². The van der Waals surface area contributed by atoms with Crippen LogP contribution in [0.4, 0.5) is 13.6 Å². The van der Waals surface area contributed by atoms with Crippen molar-refractivity contribution >= 4 is 6.03 Å². The summed E-state index contributed by atoms with van der Waals surface area (Å²) in [6.45, 7) is 1.25. The Labute approximate surface area is 137 Å². The Kier molecular flexibility index (Phi) is 4.70. The van der Waals surface area contributed by atoms with E-state index >= 15 is 0 Å². The molecule has 1 aromatic carbocycles. The van der Waals surface area contributed by atoms with Gasteiger partial charge < -0.3 is 15.0 Å². The summed E-state index contributed by atoms with van der Waals surface area (Å²) in [7, 11) is 1.74. The van der Waals surface area contributed by atoms with E-state index in [2.05, 4.69) is 15.4 Å². The maximum Gasteiger partial charge on any atom is 0.317 e. The summed E-state index contributed by atoms with van der Waals surface area (Å²) in [6, 6.07) is 3.35. The van der Waals surface area contributed by atoms with Crippen LogP contribution in [0.5, 0.6) is 0 Å². The van der Waals surface area contributed by atoms with Gasteiger partial charge in [0.25, 0.3) is 0 Å². The van der Waals surface area contributed by atoms with Crippen molar-refractivity contribution in [2.24, 2.45) is 7.05 Å². The molecule has 3 rings (SSSR count). The van der Waals surface area contributed by atoms with Gasteiger partial charge in [-0.15, -0.1) is 0 Å². The van der Waals surface area contributed by atoms with E-state index in [4.69, 9.17) is 4.74 Å². The zero-order valence-electron chi connectivity index (χ0n) is 13.1. The van der Waals surface area contributed by atoms with Crippen LogP contribution in [0.25, 0.3) is 0 Å². The Bertz CT molecular complexity index is 736. The average Bonchev–Trinajstić information content (AvgIpc) is 3.00. The monoisotopic (exact) mass is 337 g/mol. The molecule has 7 nitrogen and oxygen atoms in total. The van der Waals surface area contributed by atoms with Crippen molar-refractivity contribution in [1.82, 2.24) is 25.0 Å². The summed E-state index contributed by atoms with van der Waals surface area (Å²) in [4.78, 5) is 17.9. The molecule has 1 N–H and O–H groups in total. The molecule has 24 heavy (non-hydrogen) atoms. The number of nitrogens with one attached hydrogen (secondary N) is 1. The molecule has 1 aliphatic heterocycles. The molecule has 9 heteroatoms. The number of carbonyl (C=O) groups excluding carboxylic acids is 1. The zero-order chi connectivity index (χ0) is 17.1. The van der Waals surface area contributed by atoms with Gasteiger partial charge in [0.15, 0.2) is 11.6 Å². The molecule has 1 atom stereocenters. The van der Waals surface area contributed by atoms with Crippen LogP contribution in [-0.4, -0.2) is 45.4 Å². The quantitative estimate of drug-likeness (QED) is 0.918. The van der Waals surface area contributed by atoms with Crippen molar-refractivity contribution in [2.75, 3.05) is 19.7 Å². The fourth-order valence-corrected chi connectivity index (χ4v) is 2.49. The lowest BCUT2D eigenvalue weighted by Crippen LogP contribution is -2.47. The van der Waals surface area contributed by atoms with Gasteiger partial charge in [0.05, 0.1) is 19.7 Å². The molecule has 0 aliphatic carbocycles. The molecule has 0 unspecified atom stereocenters. The normalized spacial score (nSPS) is 17.8. The van der Waals surface area contributed by atoms with Gasteiger partial charge in [0, 0.05) is 13.6 Å². The van der Waals surface area contributed by atoms with E-state index in [9.17, 15) is 13.6 Å². The largest absolute Gasteiger partial charge is 0.370 e. The summed E-state index contributed by atoms with van der Waals surface area (Å²) < 4.78 is 33.5. The maximum atomic E-state index is 13.4. The van der Waals surface area contributed by atoms with Crippen LogP contribution in [0, 0.1) is 11.6 Å². The third-order valence-electron chi connectivity index (χ3n) is 3.87. The second kappa shape index (κ2) is 6.91. The summed E-state index contributed by atoms with van der Waals surface area (Å²) in [5.74, 6) is -1.21. The van der Waals surface area contributed by atoms with Crippen molar-refractivity contribution in [3.05, 3.63) is 47.5 Å². The Morgan fingerprint density at radius 1 is 1.42 bits per heavy atom. The highest BCUT2D eigenvalue weighted by atomic mass is 19.2. The number of hydrogen-bond donors (Lipinski definition) is 1. The predicted octanol–water partition coefficient (Wildman–Crippen LogP) is 1.38. The van der Waals surface area contributed by atoms with Crippen molar-refractivity contribution < 1.29 is 18.3 Å². The van der Waals surface area contributed by atoms with E-state index in [1.165, 1.54) is 12.4 Å². The van der Waals surface area contributed by atoms with Crippen molar-refractivity contribution in [1.29, 1.82) is 0 Å². The van der Waals surface area contributed by atoms with Crippen LogP contribution >= 0.6 is 0 Å². The van der Waals surface area contributed by atoms with Crippen LogP contribution in [0.2, 0.25) is 0 Å². The van der Waals surface area contributed by atoms with Crippen molar-refractivity contribution in [3.63, 3.8) is 0 Å². The minimum atomic E-state index is -0.931.